The highest BCUT2D eigenvalue weighted by molar-refractivity contribution is 6.33. The lowest BCUT2D eigenvalue weighted by Crippen LogP contribution is -2.18. The van der Waals surface area contributed by atoms with Crippen LogP contribution < -0.4 is 0 Å². The largest absolute Gasteiger partial charge is 0.412 e. The van der Waals surface area contributed by atoms with E-state index >= 15 is 0 Å². The van der Waals surface area contributed by atoms with Crippen LogP contribution in [0.25, 0.3) is 0 Å². The Morgan fingerprint density at radius 1 is 0.826 bits per heavy atom. The van der Waals surface area contributed by atoms with Crippen molar-refractivity contribution in [2.75, 3.05) is 0 Å². The second-order valence-electron chi connectivity index (χ2n) is 3.95. The molecule has 2 aromatic carbocycles. The van der Waals surface area contributed by atoms with E-state index in [1.54, 1.807) is 48.5 Å². The molecule has 2 aromatic rings. The number of carbonyl (C=O) groups is 3. The highest BCUT2D eigenvalue weighted by Gasteiger charge is 2.11. The van der Waals surface area contributed by atoms with Gasteiger partial charge in [0.2, 0.25) is 17.9 Å². The predicted molar refractivity (Wildman–Crippen MR) is 86.2 cm³/mol. The fourth-order valence-electron chi connectivity index (χ4n) is 1.42. The lowest BCUT2D eigenvalue weighted by molar-refractivity contribution is -0.104. The molecular weight excluding hydrogens is 300 g/mol. The molecule has 23 heavy (non-hydrogen) atoms. The Morgan fingerprint density at radius 2 is 1.22 bits per heavy atom. The van der Waals surface area contributed by atoms with Gasteiger partial charge in [-0.25, -0.2) is 0 Å². The van der Waals surface area contributed by atoms with Crippen molar-refractivity contribution in [3.63, 3.8) is 0 Å². The summed E-state index contributed by atoms with van der Waals surface area (Å²) in [5.74, 6) is -1.15. The lowest BCUT2D eigenvalue weighted by Gasteiger charge is -2.00. The van der Waals surface area contributed by atoms with E-state index in [0.29, 0.717) is 17.4 Å². The first kappa shape index (κ1) is 22.6. The molecule has 0 fully saturated rings. The molecule has 4 N–H and O–H groups in total. The molecule has 0 unspecified atom stereocenters. The Labute approximate surface area is 134 Å². The number of Topliss-reactive ketones (excluding diaryl/α,β-unsaturated/α-hetero) is 2. The quantitative estimate of drug-likeness (QED) is 0.377. The maximum absolute atomic E-state index is 10.8. The van der Waals surface area contributed by atoms with E-state index in [2.05, 4.69) is 0 Å². The average molecular weight is 320 g/mol. The van der Waals surface area contributed by atoms with E-state index in [4.69, 9.17) is 10.2 Å². The van der Waals surface area contributed by atoms with Gasteiger partial charge < -0.3 is 15.7 Å². The Bertz CT molecular complexity index is 593. The molecule has 0 spiro atoms. The van der Waals surface area contributed by atoms with Crippen LogP contribution in [-0.2, 0) is 4.79 Å². The number of aliphatic hydroxyl groups is 2. The Morgan fingerprint density at radius 3 is 1.57 bits per heavy atom. The minimum atomic E-state index is -1.91. The fourth-order valence-corrected chi connectivity index (χ4v) is 1.42. The number of benzene rings is 2. The van der Waals surface area contributed by atoms with Gasteiger partial charge >= 0.3 is 0 Å². The summed E-state index contributed by atoms with van der Waals surface area (Å²) < 4.78 is 0. The molecule has 124 valence electrons. The van der Waals surface area contributed by atoms with Gasteiger partial charge in [0.15, 0.2) is 6.29 Å². The van der Waals surface area contributed by atoms with Crippen molar-refractivity contribution >= 4 is 17.9 Å². The molecule has 0 aliphatic rings. The van der Waals surface area contributed by atoms with Crippen LogP contribution >= 0.6 is 0 Å². The van der Waals surface area contributed by atoms with Crippen LogP contribution in [0.3, 0.4) is 0 Å². The molecule has 0 heterocycles. The van der Waals surface area contributed by atoms with Crippen molar-refractivity contribution in [2.45, 2.75) is 13.7 Å². The third kappa shape index (κ3) is 7.77. The topological polar surface area (TPSA) is 123 Å². The number of hydrogen-bond donors (Lipinski definition) is 2. The average Bonchev–Trinajstić information content (AvgIpc) is 2.55. The summed E-state index contributed by atoms with van der Waals surface area (Å²) in [6.07, 6.45) is -1.59. The molecule has 0 bridgehead atoms. The van der Waals surface area contributed by atoms with Gasteiger partial charge in [0, 0.05) is 11.1 Å². The van der Waals surface area contributed by atoms with Gasteiger partial charge in [0.05, 0.1) is 0 Å². The maximum atomic E-state index is 10.8. The molecule has 0 saturated carbocycles. The summed E-state index contributed by atoms with van der Waals surface area (Å²) in [5, 5.41) is 17.0. The number of carbonyl (C=O) groups excluding carboxylic acids is 3. The van der Waals surface area contributed by atoms with E-state index in [1.165, 1.54) is 12.1 Å². The van der Waals surface area contributed by atoms with Gasteiger partial charge in [-0.15, -0.1) is 0 Å². The smallest absolute Gasteiger partial charge is 0.225 e. The molecule has 6 nitrogen and oxygen atoms in total. The van der Waals surface area contributed by atoms with Crippen LogP contribution in [0.5, 0.6) is 0 Å². The first-order valence-corrected chi connectivity index (χ1v) is 6.06. The van der Waals surface area contributed by atoms with E-state index in [-0.39, 0.29) is 12.9 Å². The normalized spacial score (nSPS) is 8.65. The summed E-state index contributed by atoms with van der Waals surface area (Å²) in [5.41, 5.74) is 0.750. The summed E-state index contributed by atoms with van der Waals surface area (Å²) in [4.78, 5) is 31.4. The van der Waals surface area contributed by atoms with Gasteiger partial charge in [0.1, 0.15) is 0 Å². The van der Waals surface area contributed by atoms with Gasteiger partial charge in [-0.3, -0.25) is 14.4 Å². The SMILES string of the molecule is C.O.O=C(c1ccccc1)C(O)O.O=CC(=O)c1ccccc1. The van der Waals surface area contributed by atoms with Gasteiger partial charge in [-0.05, 0) is 0 Å². The zero-order valence-corrected chi connectivity index (χ0v) is 11.5. The van der Waals surface area contributed by atoms with Gasteiger partial charge in [-0.1, -0.05) is 68.1 Å². The monoisotopic (exact) mass is 320 g/mol. The fraction of sp³-hybridized carbons (Fsp3) is 0.118. The summed E-state index contributed by atoms with van der Waals surface area (Å²) in [6, 6.07) is 16.6. The molecule has 0 radical (unpaired) electrons. The van der Waals surface area contributed by atoms with Crippen LogP contribution in [0.1, 0.15) is 28.1 Å². The summed E-state index contributed by atoms with van der Waals surface area (Å²) in [7, 11) is 0. The van der Waals surface area contributed by atoms with Gasteiger partial charge in [0.25, 0.3) is 0 Å². The van der Waals surface area contributed by atoms with Crippen molar-refractivity contribution in [3.8, 4) is 0 Å². The number of aldehydes is 1. The van der Waals surface area contributed by atoms with Crippen LogP contribution in [0.2, 0.25) is 0 Å². The number of rotatable bonds is 4. The minimum Gasteiger partial charge on any atom is -0.412 e. The third-order valence-electron chi connectivity index (χ3n) is 2.46. The molecule has 6 heteroatoms. The van der Waals surface area contributed by atoms with Crippen LogP contribution in [0.4, 0.5) is 0 Å². The number of hydrogen-bond acceptors (Lipinski definition) is 5. The summed E-state index contributed by atoms with van der Waals surface area (Å²) in [6.45, 7) is 0. The molecule has 0 saturated heterocycles. The van der Waals surface area contributed by atoms with Crippen LogP contribution in [-0.4, -0.2) is 39.8 Å². The lowest BCUT2D eigenvalue weighted by atomic mass is 10.1. The molecular formula is C17H20O6. The predicted octanol–water partition coefficient (Wildman–Crippen LogP) is 1.06. The van der Waals surface area contributed by atoms with Crippen molar-refractivity contribution in [3.05, 3.63) is 71.8 Å². The highest BCUT2D eigenvalue weighted by atomic mass is 16.5. The Balaban J connectivity index is 0. The van der Waals surface area contributed by atoms with Crippen LogP contribution in [0.15, 0.2) is 60.7 Å². The minimum absolute atomic E-state index is 0. The molecule has 0 aliphatic heterocycles. The van der Waals surface area contributed by atoms with E-state index < -0.39 is 17.9 Å². The molecule has 0 amide bonds. The second kappa shape index (κ2) is 11.9. The van der Waals surface area contributed by atoms with Crippen molar-refractivity contribution in [2.24, 2.45) is 0 Å². The number of aliphatic hydroxyl groups excluding tert-OH is 1. The van der Waals surface area contributed by atoms with Crippen molar-refractivity contribution in [1.29, 1.82) is 0 Å². The second-order valence-corrected chi connectivity index (χ2v) is 3.95. The van der Waals surface area contributed by atoms with Crippen LogP contribution in [0, 0.1) is 0 Å². The van der Waals surface area contributed by atoms with Crippen molar-refractivity contribution < 1.29 is 30.1 Å². The standard InChI is InChI=1S/C8H8O3.C8H6O2.CH4.H2O/c9-7(8(10)11)6-4-2-1-3-5-6;9-6-8(10)7-4-2-1-3-5-7;;/h1-5,8,10-11H;1-6H;1H4;1H2. The number of ketones is 2. The Kier molecular flexibility index (Phi) is 11.7. The zero-order chi connectivity index (χ0) is 15.7. The van der Waals surface area contributed by atoms with Crippen molar-refractivity contribution in [1.82, 2.24) is 0 Å². The third-order valence-corrected chi connectivity index (χ3v) is 2.46. The molecule has 2 rings (SSSR count). The Hall–Kier alpha value is -2.67. The first-order valence-electron chi connectivity index (χ1n) is 6.06. The molecule has 0 aliphatic carbocycles. The molecule has 0 aromatic heterocycles. The van der Waals surface area contributed by atoms with E-state index in [9.17, 15) is 14.4 Å². The molecule has 0 atom stereocenters. The summed E-state index contributed by atoms with van der Waals surface area (Å²) >= 11 is 0. The highest BCUT2D eigenvalue weighted by Crippen LogP contribution is 2.01. The van der Waals surface area contributed by atoms with E-state index in [1.807, 2.05) is 0 Å². The van der Waals surface area contributed by atoms with Gasteiger partial charge in [-0.2, -0.15) is 0 Å². The zero-order valence-electron chi connectivity index (χ0n) is 11.5. The first-order chi connectivity index (χ1) is 10.1. The maximum Gasteiger partial charge on any atom is 0.225 e. The van der Waals surface area contributed by atoms with E-state index in [0.717, 1.165) is 0 Å².